The number of nitrogens with zero attached hydrogens (tertiary/aromatic N) is 2. The van der Waals surface area contributed by atoms with Gasteiger partial charge < -0.3 is 15.5 Å². The van der Waals surface area contributed by atoms with Crippen molar-refractivity contribution in [3.8, 4) is 0 Å². The van der Waals surface area contributed by atoms with E-state index in [-0.39, 0.29) is 12.3 Å². The lowest BCUT2D eigenvalue weighted by Gasteiger charge is -2.30. The van der Waals surface area contributed by atoms with Crippen molar-refractivity contribution in [3.63, 3.8) is 0 Å². The summed E-state index contributed by atoms with van der Waals surface area (Å²) in [5, 5.41) is 21.4. The van der Waals surface area contributed by atoms with E-state index >= 15 is 0 Å². The van der Waals surface area contributed by atoms with Gasteiger partial charge in [-0.3, -0.25) is 0 Å². The first kappa shape index (κ1) is 13.7. The predicted octanol–water partition coefficient (Wildman–Crippen LogP) is 1.39. The van der Waals surface area contributed by atoms with Gasteiger partial charge in [-0.05, 0) is 24.7 Å². The number of aliphatic hydroxyl groups excluding tert-OH is 1. The van der Waals surface area contributed by atoms with Crippen molar-refractivity contribution < 1.29 is 15.0 Å². The third-order valence-corrected chi connectivity index (χ3v) is 3.73. The molecule has 1 aromatic rings. The highest BCUT2D eigenvalue weighted by atomic mass is 16.4. The summed E-state index contributed by atoms with van der Waals surface area (Å²) in [6, 6.07) is 0. The molecule has 104 valence electrons. The standard InChI is InChI=1S/C13H19N3O3/c17-8-10-4-2-1-3-9(10)7-16-12-11(13(18)19)14-5-6-15-12/h5-6,9-10,17H,1-4,7-8H2,(H,15,16)(H,18,19). The molecule has 2 unspecified atom stereocenters. The molecule has 0 spiro atoms. The lowest BCUT2D eigenvalue weighted by molar-refractivity contribution is 0.0691. The molecular formula is C13H19N3O3. The molecule has 2 atom stereocenters. The predicted molar refractivity (Wildman–Crippen MR) is 70.0 cm³/mol. The Morgan fingerprint density at radius 1 is 1.26 bits per heavy atom. The van der Waals surface area contributed by atoms with Crippen molar-refractivity contribution in [2.24, 2.45) is 11.8 Å². The van der Waals surface area contributed by atoms with E-state index in [2.05, 4.69) is 15.3 Å². The summed E-state index contributed by atoms with van der Waals surface area (Å²) in [7, 11) is 0. The molecule has 0 amide bonds. The fraction of sp³-hybridized carbons (Fsp3) is 0.615. The number of carboxylic acids is 1. The van der Waals surface area contributed by atoms with Crippen LogP contribution in [0.3, 0.4) is 0 Å². The Morgan fingerprint density at radius 2 is 1.95 bits per heavy atom. The van der Waals surface area contributed by atoms with E-state index in [4.69, 9.17) is 5.11 Å². The van der Waals surface area contributed by atoms with Crippen molar-refractivity contribution in [2.45, 2.75) is 25.7 Å². The summed E-state index contributed by atoms with van der Waals surface area (Å²) in [4.78, 5) is 18.8. The van der Waals surface area contributed by atoms with Gasteiger partial charge in [0.25, 0.3) is 0 Å². The number of aromatic carboxylic acids is 1. The van der Waals surface area contributed by atoms with Crippen LogP contribution < -0.4 is 5.32 Å². The third kappa shape index (κ3) is 3.41. The summed E-state index contributed by atoms with van der Waals surface area (Å²) in [5.41, 5.74) is -0.0566. The van der Waals surface area contributed by atoms with E-state index in [0.717, 1.165) is 25.7 Å². The van der Waals surface area contributed by atoms with Crippen LogP contribution in [0.4, 0.5) is 5.82 Å². The monoisotopic (exact) mass is 265 g/mol. The summed E-state index contributed by atoms with van der Waals surface area (Å²) >= 11 is 0. The average molecular weight is 265 g/mol. The molecular weight excluding hydrogens is 246 g/mol. The highest BCUT2D eigenvalue weighted by Crippen LogP contribution is 2.29. The van der Waals surface area contributed by atoms with Gasteiger partial charge in [0.05, 0.1) is 0 Å². The molecule has 3 N–H and O–H groups in total. The quantitative estimate of drug-likeness (QED) is 0.744. The highest BCUT2D eigenvalue weighted by Gasteiger charge is 2.25. The van der Waals surface area contributed by atoms with Gasteiger partial charge in [-0.25, -0.2) is 14.8 Å². The summed E-state index contributed by atoms with van der Waals surface area (Å²) in [6.07, 6.45) is 7.25. The molecule has 2 rings (SSSR count). The van der Waals surface area contributed by atoms with E-state index in [1.54, 1.807) is 0 Å². The molecule has 0 aliphatic heterocycles. The summed E-state index contributed by atoms with van der Waals surface area (Å²) in [6.45, 7) is 0.822. The fourth-order valence-electron chi connectivity index (χ4n) is 2.65. The number of carboxylic acid groups (broad SMARTS) is 1. The molecule has 1 aliphatic carbocycles. The first-order chi connectivity index (χ1) is 9.22. The van der Waals surface area contributed by atoms with Gasteiger partial charge in [0, 0.05) is 25.5 Å². The number of rotatable bonds is 5. The minimum atomic E-state index is -1.09. The zero-order chi connectivity index (χ0) is 13.7. The van der Waals surface area contributed by atoms with Crippen LogP contribution in [0.25, 0.3) is 0 Å². The normalized spacial score (nSPS) is 23.0. The van der Waals surface area contributed by atoms with E-state index in [9.17, 15) is 9.90 Å². The minimum Gasteiger partial charge on any atom is -0.476 e. The lowest BCUT2D eigenvalue weighted by Crippen LogP contribution is -2.29. The molecule has 0 aromatic carbocycles. The van der Waals surface area contributed by atoms with Crippen LogP contribution in [0.1, 0.15) is 36.2 Å². The van der Waals surface area contributed by atoms with Crippen molar-refractivity contribution >= 4 is 11.8 Å². The summed E-state index contributed by atoms with van der Waals surface area (Å²) in [5.74, 6) is -0.121. The van der Waals surface area contributed by atoms with E-state index in [1.807, 2.05) is 0 Å². The molecule has 1 saturated carbocycles. The second-order valence-corrected chi connectivity index (χ2v) is 4.93. The van der Waals surface area contributed by atoms with E-state index in [1.165, 1.54) is 12.4 Å². The molecule has 1 aliphatic rings. The average Bonchev–Trinajstić information content (AvgIpc) is 2.45. The topological polar surface area (TPSA) is 95.3 Å². The third-order valence-electron chi connectivity index (χ3n) is 3.73. The Bertz CT molecular complexity index is 439. The molecule has 0 saturated heterocycles. The Balaban J connectivity index is 2.00. The second kappa shape index (κ2) is 6.47. The Labute approximate surface area is 111 Å². The molecule has 19 heavy (non-hydrogen) atoms. The van der Waals surface area contributed by atoms with Gasteiger partial charge in [0.15, 0.2) is 11.5 Å². The molecule has 1 fully saturated rings. The maximum atomic E-state index is 11.0. The molecule has 0 bridgehead atoms. The number of hydrogen-bond acceptors (Lipinski definition) is 5. The second-order valence-electron chi connectivity index (χ2n) is 4.93. The Kier molecular flexibility index (Phi) is 4.68. The van der Waals surface area contributed by atoms with Gasteiger partial charge in [-0.2, -0.15) is 0 Å². The first-order valence-corrected chi connectivity index (χ1v) is 6.61. The fourth-order valence-corrected chi connectivity index (χ4v) is 2.65. The van der Waals surface area contributed by atoms with Crippen LogP contribution in [0.2, 0.25) is 0 Å². The number of anilines is 1. The lowest BCUT2D eigenvalue weighted by atomic mass is 9.79. The molecule has 1 heterocycles. The van der Waals surface area contributed by atoms with E-state index < -0.39 is 5.97 Å². The minimum absolute atomic E-state index is 0.0566. The summed E-state index contributed by atoms with van der Waals surface area (Å²) < 4.78 is 0. The van der Waals surface area contributed by atoms with Crippen LogP contribution in [-0.2, 0) is 0 Å². The largest absolute Gasteiger partial charge is 0.476 e. The zero-order valence-electron chi connectivity index (χ0n) is 10.7. The van der Waals surface area contributed by atoms with Crippen LogP contribution in [0, 0.1) is 11.8 Å². The van der Waals surface area contributed by atoms with Gasteiger partial charge in [-0.1, -0.05) is 12.8 Å². The molecule has 1 aromatic heterocycles. The number of aromatic nitrogens is 2. The number of nitrogens with one attached hydrogen (secondary N) is 1. The van der Waals surface area contributed by atoms with Gasteiger partial charge in [0.1, 0.15) is 0 Å². The van der Waals surface area contributed by atoms with E-state index in [0.29, 0.717) is 24.2 Å². The number of hydrogen-bond donors (Lipinski definition) is 3. The number of aliphatic hydroxyl groups is 1. The van der Waals surface area contributed by atoms with Gasteiger partial charge in [0.2, 0.25) is 0 Å². The Hall–Kier alpha value is -1.69. The van der Waals surface area contributed by atoms with Crippen LogP contribution in [0.15, 0.2) is 12.4 Å². The molecule has 6 nitrogen and oxygen atoms in total. The van der Waals surface area contributed by atoms with Gasteiger partial charge >= 0.3 is 5.97 Å². The SMILES string of the molecule is O=C(O)c1nccnc1NCC1CCCCC1CO. The number of carbonyl (C=O) groups is 1. The first-order valence-electron chi connectivity index (χ1n) is 6.61. The van der Waals surface area contributed by atoms with Crippen LogP contribution in [0.5, 0.6) is 0 Å². The van der Waals surface area contributed by atoms with Crippen LogP contribution >= 0.6 is 0 Å². The maximum absolute atomic E-state index is 11.0. The van der Waals surface area contributed by atoms with Crippen molar-refractivity contribution in [1.29, 1.82) is 0 Å². The van der Waals surface area contributed by atoms with Crippen molar-refractivity contribution in [3.05, 3.63) is 18.1 Å². The Morgan fingerprint density at radius 3 is 2.63 bits per heavy atom. The molecule has 0 radical (unpaired) electrons. The van der Waals surface area contributed by atoms with Crippen molar-refractivity contribution in [2.75, 3.05) is 18.5 Å². The maximum Gasteiger partial charge on any atom is 0.358 e. The highest BCUT2D eigenvalue weighted by molar-refractivity contribution is 5.90. The molecule has 6 heteroatoms. The van der Waals surface area contributed by atoms with Gasteiger partial charge in [-0.15, -0.1) is 0 Å². The smallest absolute Gasteiger partial charge is 0.358 e. The van der Waals surface area contributed by atoms with Crippen LogP contribution in [-0.4, -0.2) is 39.3 Å². The van der Waals surface area contributed by atoms with Crippen molar-refractivity contribution in [1.82, 2.24) is 9.97 Å². The zero-order valence-corrected chi connectivity index (χ0v) is 10.7.